The predicted octanol–water partition coefficient (Wildman–Crippen LogP) is 4.25. The van der Waals surface area contributed by atoms with Crippen LogP contribution in [0.15, 0.2) is 24.3 Å². The van der Waals surface area contributed by atoms with Gasteiger partial charge in [-0.05, 0) is 70.8 Å². The highest BCUT2D eigenvalue weighted by atomic mass is 35.5. The van der Waals surface area contributed by atoms with Gasteiger partial charge in [0.25, 0.3) is 0 Å². The average Bonchev–Trinajstić information content (AvgIpc) is 2.64. The second-order valence-electron chi connectivity index (χ2n) is 6.20. The molecule has 112 valence electrons. The highest BCUT2D eigenvalue weighted by Crippen LogP contribution is 2.20. The van der Waals surface area contributed by atoms with Crippen LogP contribution in [0.4, 0.5) is 0 Å². The first kappa shape index (κ1) is 15.8. The molecule has 2 unspecified atom stereocenters. The van der Waals surface area contributed by atoms with Gasteiger partial charge in [0.1, 0.15) is 0 Å². The molecule has 1 aromatic rings. The molecule has 0 bridgehead atoms. The molecular weight excluding hydrogens is 268 g/mol. The molecule has 0 saturated carbocycles. The maximum atomic E-state index is 6.08. The van der Waals surface area contributed by atoms with Crippen molar-refractivity contribution >= 4 is 11.6 Å². The Bertz CT molecular complexity index is 419. The molecule has 1 fully saturated rings. The molecular formula is C17H27ClN2. The van der Waals surface area contributed by atoms with Crippen LogP contribution >= 0.6 is 11.6 Å². The summed E-state index contributed by atoms with van der Waals surface area (Å²) >= 11 is 6.08. The highest BCUT2D eigenvalue weighted by Gasteiger charge is 2.20. The quantitative estimate of drug-likeness (QED) is 0.893. The molecule has 1 aliphatic rings. The van der Waals surface area contributed by atoms with Crippen LogP contribution in [-0.2, 0) is 0 Å². The molecule has 2 rings (SSSR count). The lowest BCUT2D eigenvalue weighted by atomic mass is 10.0. The Hall–Kier alpha value is -0.570. The van der Waals surface area contributed by atoms with Gasteiger partial charge in [0.2, 0.25) is 0 Å². The second kappa shape index (κ2) is 7.44. The summed E-state index contributed by atoms with van der Waals surface area (Å²) in [4.78, 5) is 2.59. The number of halogens is 1. The number of benzene rings is 1. The van der Waals surface area contributed by atoms with E-state index in [-0.39, 0.29) is 0 Å². The van der Waals surface area contributed by atoms with Crippen LogP contribution in [0.1, 0.15) is 51.6 Å². The summed E-state index contributed by atoms with van der Waals surface area (Å²) in [6, 6.07) is 9.83. The lowest BCUT2D eigenvalue weighted by Crippen LogP contribution is -2.34. The van der Waals surface area contributed by atoms with E-state index >= 15 is 0 Å². The van der Waals surface area contributed by atoms with E-state index in [4.69, 9.17) is 11.6 Å². The molecule has 1 saturated heterocycles. The number of nitrogens with zero attached hydrogens (tertiary/aromatic N) is 1. The van der Waals surface area contributed by atoms with Crippen LogP contribution in [0.25, 0.3) is 0 Å². The number of likely N-dealkylation sites (tertiary alicyclic amines) is 1. The van der Waals surface area contributed by atoms with Crippen LogP contribution in [0.3, 0.4) is 0 Å². The summed E-state index contributed by atoms with van der Waals surface area (Å²) in [6.45, 7) is 9.26. The molecule has 20 heavy (non-hydrogen) atoms. The molecule has 1 aliphatic heterocycles. The van der Waals surface area contributed by atoms with E-state index in [1.54, 1.807) is 0 Å². The van der Waals surface area contributed by atoms with E-state index in [0.29, 0.717) is 18.1 Å². The van der Waals surface area contributed by atoms with Gasteiger partial charge in [-0.25, -0.2) is 0 Å². The molecule has 3 heteroatoms. The molecule has 2 nitrogen and oxygen atoms in total. The zero-order chi connectivity index (χ0) is 14.5. The number of hydrogen-bond donors (Lipinski definition) is 1. The summed E-state index contributed by atoms with van der Waals surface area (Å²) in [7, 11) is 0. The molecule has 1 N–H and O–H groups in total. The molecule has 0 aromatic heterocycles. The molecule has 0 amide bonds. The van der Waals surface area contributed by atoms with E-state index in [0.717, 1.165) is 5.02 Å². The van der Waals surface area contributed by atoms with Gasteiger partial charge in [-0.1, -0.05) is 23.7 Å². The normalized spacial score (nSPS) is 22.8. The van der Waals surface area contributed by atoms with E-state index in [2.05, 4.69) is 43.1 Å². The second-order valence-corrected chi connectivity index (χ2v) is 6.64. The highest BCUT2D eigenvalue weighted by molar-refractivity contribution is 6.30. The maximum Gasteiger partial charge on any atom is 0.0409 e. The van der Waals surface area contributed by atoms with Gasteiger partial charge in [-0.2, -0.15) is 0 Å². The van der Waals surface area contributed by atoms with Crippen LogP contribution in [0, 0.1) is 0 Å². The van der Waals surface area contributed by atoms with Crippen molar-refractivity contribution in [3.05, 3.63) is 34.9 Å². The standard InChI is InChI=1S/C17H27ClN2/c1-13(2)20-10-5-8-17(9-11-20)19-14(3)15-6-4-7-16(18)12-15/h4,6-7,12-14,17,19H,5,8-11H2,1-3H3. The Morgan fingerprint density at radius 2 is 2.00 bits per heavy atom. The third kappa shape index (κ3) is 4.47. The van der Waals surface area contributed by atoms with Crippen molar-refractivity contribution in [2.45, 2.75) is 58.2 Å². The van der Waals surface area contributed by atoms with E-state index in [1.807, 2.05) is 12.1 Å². The van der Waals surface area contributed by atoms with Crippen molar-refractivity contribution in [1.82, 2.24) is 10.2 Å². The maximum absolute atomic E-state index is 6.08. The van der Waals surface area contributed by atoms with Gasteiger partial charge in [-0.3, -0.25) is 0 Å². The fraction of sp³-hybridized carbons (Fsp3) is 0.647. The Morgan fingerprint density at radius 3 is 2.70 bits per heavy atom. The van der Waals surface area contributed by atoms with Crippen molar-refractivity contribution in [3.8, 4) is 0 Å². The Morgan fingerprint density at radius 1 is 1.20 bits per heavy atom. The summed E-state index contributed by atoms with van der Waals surface area (Å²) < 4.78 is 0. The van der Waals surface area contributed by atoms with Crippen LogP contribution in [0.2, 0.25) is 5.02 Å². The minimum atomic E-state index is 0.365. The summed E-state index contributed by atoms with van der Waals surface area (Å²) in [5.41, 5.74) is 1.28. The van der Waals surface area contributed by atoms with Crippen LogP contribution in [0.5, 0.6) is 0 Å². The topological polar surface area (TPSA) is 15.3 Å². The minimum absolute atomic E-state index is 0.365. The van der Waals surface area contributed by atoms with Crippen molar-refractivity contribution in [1.29, 1.82) is 0 Å². The van der Waals surface area contributed by atoms with E-state index in [9.17, 15) is 0 Å². The third-order valence-corrected chi connectivity index (χ3v) is 4.56. The molecule has 1 aromatic carbocycles. The fourth-order valence-corrected chi connectivity index (χ4v) is 3.23. The molecule has 0 radical (unpaired) electrons. The number of hydrogen-bond acceptors (Lipinski definition) is 2. The van der Waals surface area contributed by atoms with Gasteiger partial charge in [0.15, 0.2) is 0 Å². The Kier molecular flexibility index (Phi) is 5.88. The first-order valence-corrected chi connectivity index (χ1v) is 8.19. The smallest absolute Gasteiger partial charge is 0.0409 e. The van der Waals surface area contributed by atoms with Gasteiger partial charge in [0.05, 0.1) is 0 Å². The van der Waals surface area contributed by atoms with E-state index < -0.39 is 0 Å². The Balaban J connectivity index is 1.90. The van der Waals surface area contributed by atoms with Crippen LogP contribution in [-0.4, -0.2) is 30.1 Å². The third-order valence-electron chi connectivity index (χ3n) is 4.33. The average molecular weight is 295 g/mol. The summed E-state index contributed by atoms with van der Waals surface area (Å²) in [6.07, 6.45) is 3.80. The zero-order valence-corrected chi connectivity index (χ0v) is 13.7. The van der Waals surface area contributed by atoms with Crippen molar-refractivity contribution in [2.24, 2.45) is 0 Å². The first-order chi connectivity index (χ1) is 9.56. The molecule has 1 heterocycles. The predicted molar refractivity (Wildman–Crippen MR) is 87.4 cm³/mol. The van der Waals surface area contributed by atoms with Crippen molar-refractivity contribution in [3.63, 3.8) is 0 Å². The monoisotopic (exact) mass is 294 g/mol. The molecule has 2 atom stereocenters. The van der Waals surface area contributed by atoms with Gasteiger partial charge >= 0.3 is 0 Å². The lowest BCUT2D eigenvalue weighted by molar-refractivity contribution is 0.228. The molecule has 0 aliphatic carbocycles. The lowest BCUT2D eigenvalue weighted by Gasteiger charge is -2.25. The Labute approximate surface area is 128 Å². The van der Waals surface area contributed by atoms with E-state index in [1.165, 1.54) is 37.9 Å². The SMILES string of the molecule is CC(NC1CCCN(C(C)C)CC1)c1cccc(Cl)c1. The van der Waals surface area contributed by atoms with Gasteiger partial charge < -0.3 is 10.2 Å². The van der Waals surface area contributed by atoms with Crippen LogP contribution < -0.4 is 5.32 Å². The van der Waals surface area contributed by atoms with Gasteiger partial charge in [-0.15, -0.1) is 0 Å². The zero-order valence-electron chi connectivity index (χ0n) is 12.9. The number of nitrogens with one attached hydrogen (secondary N) is 1. The first-order valence-electron chi connectivity index (χ1n) is 7.82. The summed E-state index contributed by atoms with van der Waals surface area (Å²) in [5, 5.41) is 4.60. The van der Waals surface area contributed by atoms with Crippen molar-refractivity contribution in [2.75, 3.05) is 13.1 Å². The van der Waals surface area contributed by atoms with Gasteiger partial charge in [0, 0.05) is 23.1 Å². The van der Waals surface area contributed by atoms with Crippen molar-refractivity contribution < 1.29 is 0 Å². The largest absolute Gasteiger partial charge is 0.307 e. The molecule has 0 spiro atoms. The summed E-state index contributed by atoms with van der Waals surface area (Å²) in [5.74, 6) is 0. The number of rotatable bonds is 4. The minimum Gasteiger partial charge on any atom is -0.307 e. The fourth-order valence-electron chi connectivity index (χ4n) is 3.03.